The SMILES string of the molecule is C/C=C/C1CCC(CC(F)(F)OCc2ccc(CCCCC)cc2)CC1. The molecule has 0 N–H and O–H groups in total. The number of ether oxygens (including phenoxy) is 1. The lowest BCUT2D eigenvalue weighted by atomic mass is 9.80. The average molecular weight is 365 g/mol. The zero-order chi connectivity index (χ0) is 18.8. The minimum atomic E-state index is -3.03. The van der Waals surface area contributed by atoms with Crippen LogP contribution in [0.25, 0.3) is 0 Å². The van der Waals surface area contributed by atoms with Crippen molar-refractivity contribution in [1.29, 1.82) is 0 Å². The smallest absolute Gasteiger partial charge is 0.316 e. The molecule has 3 heteroatoms. The molecule has 0 radical (unpaired) electrons. The lowest BCUT2D eigenvalue weighted by molar-refractivity contribution is -0.256. The number of unbranched alkanes of at least 4 members (excludes halogenated alkanes) is 2. The van der Waals surface area contributed by atoms with E-state index in [9.17, 15) is 8.78 Å². The molecule has 1 fully saturated rings. The molecule has 0 amide bonds. The topological polar surface area (TPSA) is 9.23 Å². The minimum Gasteiger partial charge on any atom is -0.316 e. The summed E-state index contributed by atoms with van der Waals surface area (Å²) in [5.74, 6) is 0.647. The minimum absolute atomic E-state index is 0.0177. The van der Waals surface area contributed by atoms with Gasteiger partial charge in [-0.3, -0.25) is 0 Å². The van der Waals surface area contributed by atoms with E-state index in [0.29, 0.717) is 5.92 Å². The number of rotatable bonds is 10. The van der Waals surface area contributed by atoms with E-state index in [1.807, 2.05) is 31.2 Å². The van der Waals surface area contributed by atoms with E-state index in [2.05, 4.69) is 19.1 Å². The van der Waals surface area contributed by atoms with Gasteiger partial charge in [-0.1, -0.05) is 56.2 Å². The van der Waals surface area contributed by atoms with Crippen LogP contribution >= 0.6 is 0 Å². The van der Waals surface area contributed by atoms with Gasteiger partial charge in [-0.25, -0.2) is 0 Å². The third-order valence-corrected chi connectivity index (χ3v) is 5.42. The molecule has 0 bridgehead atoms. The summed E-state index contributed by atoms with van der Waals surface area (Å²) in [6.45, 7) is 4.19. The van der Waals surface area contributed by atoms with Crippen LogP contribution < -0.4 is 0 Å². The molecule has 0 aromatic heterocycles. The van der Waals surface area contributed by atoms with E-state index in [1.165, 1.54) is 24.8 Å². The number of benzene rings is 1. The first-order chi connectivity index (χ1) is 12.5. The summed E-state index contributed by atoms with van der Waals surface area (Å²) in [5, 5.41) is 0. The van der Waals surface area contributed by atoms with Crippen LogP contribution in [0.1, 0.15) is 76.3 Å². The summed E-state index contributed by atoms with van der Waals surface area (Å²) in [6, 6.07) is 7.91. The van der Waals surface area contributed by atoms with Gasteiger partial charge in [-0.2, -0.15) is 8.78 Å². The molecular formula is C23H34F2O. The third kappa shape index (κ3) is 7.57. The lowest BCUT2D eigenvalue weighted by Gasteiger charge is -2.29. The van der Waals surface area contributed by atoms with Gasteiger partial charge in [0.05, 0.1) is 6.61 Å². The Balaban J connectivity index is 1.73. The van der Waals surface area contributed by atoms with Gasteiger partial charge >= 0.3 is 6.11 Å². The van der Waals surface area contributed by atoms with Gasteiger partial charge in [0.15, 0.2) is 0 Å². The highest BCUT2D eigenvalue weighted by molar-refractivity contribution is 5.22. The molecule has 146 valence electrons. The number of hydrogen-bond donors (Lipinski definition) is 0. The van der Waals surface area contributed by atoms with Crippen molar-refractivity contribution >= 4 is 0 Å². The van der Waals surface area contributed by atoms with Crippen LogP contribution in [0, 0.1) is 11.8 Å². The van der Waals surface area contributed by atoms with Gasteiger partial charge in [-0.15, -0.1) is 0 Å². The first-order valence-corrected chi connectivity index (χ1v) is 10.2. The number of hydrogen-bond acceptors (Lipinski definition) is 1. The van der Waals surface area contributed by atoms with Gasteiger partial charge in [-0.05, 0) is 68.4 Å². The maximum Gasteiger partial charge on any atom is 0.356 e. The van der Waals surface area contributed by atoms with Gasteiger partial charge < -0.3 is 4.74 Å². The Morgan fingerprint density at radius 2 is 1.69 bits per heavy atom. The van der Waals surface area contributed by atoms with E-state index in [4.69, 9.17) is 4.74 Å². The van der Waals surface area contributed by atoms with Crippen molar-refractivity contribution in [3.63, 3.8) is 0 Å². The molecule has 0 heterocycles. The predicted molar refractivity (Wildman–Crippen MR) is 104 cm³/mol. The van der Waals surface area contributed by atoms with Gasteiger partial charge in [0, 0.05) is 6.42 Å². The maximum absolute atomic E-state index is 14.2. The van der Waals surface area contributed by atoms with E-state index < -0.39 is 6.11 Å². The Hall–Kier alpha value is -1.22. The number of halogens is 2. The van der Waals surface area contributed by atoms with Crippen LogP contribution in [0.3, 0.4) is 0 Å². The third-order valence-electron chi connectivity index (χ3n) is 5.42. The first-order valence-electron chi connectivity index (χ1n) is 10.2. The highest BCUT2D eigenvalue weighted by Gasteiger charge is 2.35. The van der Waals surface area contributed by atoms with Crippen molar-refractivity contribution in [2.24, 2.45) is 11.8 Å². The van der Waals surface area contributed by atoms with Crippen molar-refractivity contribution < 1.29 is 13.5 Å². The Morgan fingerprint density at radius 3 is 2.31 bits per heavy atom. The molecule has 1 saturated carbocycles. The molecule has 26 heavy (non-hydrogen) atoms. The maximum atomic E-state index is 14.2. The van der Waals surface area contributed by atoms with Crippen molar-refractivity contribution in [3.05, 3.63) is 47.5 Å². The van der Waals surface area contributed by atoms with E-state index >= 15 is 0 Å². The number of allylic oxidation sites excluding steroid dienone is 2. The predicted octanol–water partition coefficient (Wildman–Crippen LogP) is 7.30. The standard InChI is InChI=1S/C23H34F2O/c1-3-5-6-8-20-11-15-22(16-12-20)18-26-23(24,25)17-21-13-9-19(7-4-2)10-14-21/h4,7,11-12,15-16,19,21H,3,5-6,8-10,13-14,17-18H2,1-2H3/b7-4+. The summed E-state index contributed by atoms with van der Waals surface area (Å²) in [5.41, 5.74) is 2.09. The summed E-state index contributed by atoms with van der Waals surface area (Å²) in [6.07, 6.45) is 9.56. The summed E-state index contributed by atoms with van der Waals surface area (Å²) < 4.78 is 33.4. The summed E-state index contributed by atoms with van der Waals surface area (Å²) in [4.78, 5) is 0. The molecule has 0 spiro atoms. The second-order valence-electron chi connectivity index (χ2n) is 7.71. The van der Waals surface area contributed by atoms with Crippen LogP contribution in [0.15, 0.2) is 36.4 Å². The van der Waals surface area contributed by atoms with Crippen molar-refractivity contribution in [3.8, 4) is 0 Å². The quantitative estimate of drug-likeness (QED) is 0.312. The van der Waals surface area contributed by atoms with Crippen molar-refractivity contribution in [2.75, 3.05) is 0 Å². The van der Waals surface area contributed by atoms with E-state index in [-0.39, 0.29) is 18.9 Å². The van der Waals surface area contributed by atoms with E-state index in [0.717, 1.165) is 37.7 Å². The van der Waals surface area contributed by atoms with Crippen LogP contribution in [0.4, 0.5) is 8.78 Å². The molecule has 0 unspecified atom stereocenters. The largest absolute Gasteiger partial charge is 0.356 e. The zero-order valence-corrected chi connectivity index (χ0v) is 16.4. The molecule has 1 aliphatic rings. The molecule has 1 aromatic carbocycles. The fourth-order valence-electron chi connectivity index (χ4n) is 3.82. The molecule has 1 aromatic rings. The van der Waals surface area contributed by atoms with E-state index in [1.54, 1.807) is 0 Å². The van der Waals surface area contributed by atoms with Crippen LogP contribution in [-0.2, 0) is 17.8 Å². The Bertz CT molecular complexity index is 528. The average Bonchev–Trinajstić information content (AvgIpc) is 2.63. The molecule has 0 aliphatic heterocycles. The molecule has 0 saturated heterocycles. The van der Waals surface area contributed by atoms with Crippen LogP contribution in [0.5, 0.6) is 0 Å². The second kappa shape index (κ2) is 10.8. The summed E-state index contributed by atoms with van der Waals surface area (Å²) >= 11 is 0. The molecule has 2 rings (SSSR count). The molecular weight excluding hydrogens is 330 g/mol. The fourth-order valence-corrected chi connectivity index (χ4v) is 3.82. The Kier molecular flexibility index (Phi) is 8.77. The van der Waals surface area contributed by atoms with Crippen molar-refractivity contribution in [2.45, 2.75) is 84.4 Å². The Labute approximate surface area is 157 Å². The summed E-state index contributed by atoms with van der Waals surface area (Å²) in [7, 11) is 0. The van der Waals surface area contributed by atoms with Gasteiger partial charge in [0.1, 0.15) is 0 Å². The molecule has 1 nitrogen and oxygen atoms in total. The van der Waals surface area contributed by atoms with Crippen LogP contribution in [-0.4, -0.2) is 6.11 Å². The van der Waals surface area contributed by atoms with Crippen LogP contribution in [0.2, 0.25) is 0 Å². The van der Waals surface area contributed by atoms with Gasteiger partial charge in [0.25, 0.3) is 0 Å². The lowest BCUT2D eigenvalue weighted by Crippen LogP contribution is -2.26. The van der Waals surface area contributed by atoms with Gasteiger partial charge in [0.2, 0.25) is 0 Å². The second-order valence-corrected chi connectivity index (χ2v) is 7.71. The highest BCUT2D eigenvalue weighted by Crippen LogP contribution is 2.37. The number of alkyl halides is 2. The fraction of sp³-hybridized carbons (Fsp3) is 0.652. The highest BCUT2D eigenvalue weighted by atomic mass is 19.3. The first kappa shape index (κ1) is 21.1. The monoisotopic (exact) mass is 364 g/mol. The zero-order valence-electron chi connectivity index (χ0n) is 16.4. The molecule has 0 atom stereocenters. The normalized spacial score (nSPS) is 21.4. The molecule has 1 aliphatic carbocycles. The Morgan fingerprint density at radius 1 is 1.04 bits per heavy atom. The van der Waals surface area contributed by atoms with Crippen molar-refractivity contribution in [1.82, 2.24) is 0 Å². The number of aryl methyl sites for hydroxylation is 1.